The van der Waals surface area contributed by atoms with E-state index in [-0.39, 0.29) is 17.9 Å². The summed E-state index contributed by atoms with van der Waals surface area (Å²) in [6, 6.07) is 15.1. The molecule has 170 valence electrons. The van der Waals surface area contributed by atoms with E-state index >= 15 is 0 Å². The van der Waals surface area contributed by atoms with Gasteiger partial charge in [0.15, 0.2) is 0 Å². The summed E-state index contributed by atoms with van der Waals surface area (Å²) in [5.41, 5.74) is 2.09. The number of para-hydroxylation sites is 1. The lowest BCUT2D eigenvalue weighted by Gasteiger charge is -2.42. The second-order valence-electron chi connectivity index (χ2n) is 8.82. The van der Waals surface area contributed by atoms with Crippen LogP contribution in [0.1, 0.15) is 53.2 Å². The number of carbonyl (C=O) groups is 2. The number of rotatable bonds is 4. The molecule has 1 aromatic heterocycles. The number of amides is 2. The molecule has 0 aliphatic carbocycles. The van der Waals surface area contributed by atoms with Crippen LogP contribution < -0.4 is 10.1 Å². The SMILES string of the molecule is CN1CCC2(CCC1=O)CC(NC(=O)c1ccc(Cn3cnnn3)cc1)c1ccccc1O2. The average molecular weight is 447 g/mol. The van der Waals surface area contributed by atoms with Gasteiger partial charge in [0.05, 0.1) is 12.6 Å². The highest BCUT2D eigenvalue weighted by Crippen LogP contribution is 2.44. The minimum absolute atomic E-state index is 0.136. The van der Waals surface area contributed by atoms with Crippen molar-refractivity contribution in [3.8, 4) is 5.75 Å². The number of benzene rings is 2. The van der Waals surface area contributed by atoms with Crippen molar-refractivity contribution in [1.29, 1.82) is 0 Å². The molecule has 5 rings (SSSR count). The molecule has 0 radical (unpaired) electrons. The lowest BCUT2D eigenvalue weighted by atomic mass is 9.82. The highest BCUT2D eigenvalue weighted by molar-refractivity contribution is 5.94. The van der Waals surface area contributed by atoms with E-state index in [0.717, 1.165) is 23.3 Å². The fourth-order valence-corrected chi connectivity index (χ4v) is 4.64. The maximum atomic E-state index is 13.1. The second kappa shape index (κ2) is 8.65. The first kappa shape index (κ1) is 21.1. The predicted octanol–water partition coefficient (Wildman–Crippen LogP) is 2.36. The minimum atomic E-state index is -0.470. The van der Waals surface area contributed by atoms with Crippen molar-refractivity contribution in [2.24, 2.45) is 0 Å². The van der Waals surface area contributed by atoms with Crippen molar-refractivity contribution in [3.63, 3.8) is 0 Å². The van der Waals surface area contributed by atoms with Crippen molar-refractivity contribution in [1.82, 2.24) is 30.4 Å². The van der Waals surface area contributed by atoms with E-state index in [1.807, 2.05) is 55.6 Å². The summed E-state index contributed by atoms with van der Waals surface area (Å²) in [5.74, 6) is 0.780. The summed E-state index contributed by atoms with van der Waals surface area (Å²) in [4.78, 5) is 27.2. The topological polar surface area (TPSA) is 102 Å². The lowest BCUT2D eigenvalue weighted by Crippen LogP contribution is -2.45. The molecule has 2 atom stereocenters. The number of hydrogen-bond donors (Lipinski definition) is 1. The molecule has 3 aromatic rings. The number of likely N-dealkylation sites (tertiary alicyclic amines) is 1. The third-order valence-corrected chi connectivity index (χ3v) is 6.58. The molecule has 2 unspecified atom stereocenters. The molecule has 2 aromatic carbocycles. The van der Waals surface area contributed by atoms with E-state index in [1.54, 1.807) is 15.9 Å². The van der Waals surface area contributed by atoms with E-state index in [9.17, 15) is 9.59 Å². The van der Waals surface area contributed by atoms with E-state index in [4.69, 9.17) is 4.74 Å². The van der Waals surface area contributed by atoms with Crippen LogP contribution in [0.2, 0.25) is 0 Å². The molecule has 1 spiro atoms. The number of ether oxygens (including phenoxy) is 1. The molecule has 1 saturated heterocycles. The molecule has 9 nitrogen and oxygen atoms in total. The quantitative estimate of drug-likeness (QED) is 0.660. The molecule has 0 bridgehead atoms. The van der Waals surface area contributed by atoms with Gasteiger partial charge in [0, 0.05) is 44.0 Å². The smallest absolute Gasteiger partial charge is 0.251 e. The molecule has 2 amide bonds. The number of fused-ring (bicyclic) bond motifs is 1. The Hall–Kier alpha value is -3.75. The maximum Gasteiger partial charge on any atom is 0.251 e. The highest BCUT2D eigenvalue weighted by atomic mass is 16.5. The van der Waals surface area contributed by atoms with Crippen LogP contribution in [-0.2, 0) is 11.3 Å². The van der Waals surface area contributed by atoms with E-state index in [1.165, 1.54) is 0 Å². The molecule has 1 N–H and O–H groups in total. The van der Waals surface area contributed by atoms with Crippen LogP contribution >= 0.6 is 0 Å². The Morgan fingerprint density at radius 3 is 2.79 bits per heavy atom. The van der Waals surface area contributed by atoms with E-state index in [2.05, 4.69) is 20.8 Å². The number of nitrogens with one attached hydrogen (secondary N) is 1. The molecule has 9 heteroatoms. The van der Waals surface area contributed by atoms with Gasteiger partial charge in [-0.2, -0.15) is 0 Å². The highest BCUT2D eigenvalue weighted by Gasteiger charge is 2.43. The largest absolute Gasteiger partial charge is 0.487 e. The summed E-state index contributed by atoms with van der Waals surface area (Å²) >= 11 is 0. The van der Waals surface area contributed by atoms with Gasteiger partial charge in [-0.25, -0.2) is 4.68 Å². The third kappa shape index (κ3) is 4.44. The van der Waals surface area contributed by atoms with Crippen molar-refractivity contribution >= 4 is 11.8 Å². The van der Waals surface area contributed by atoms with Crippen LogP contribution in [0, 0.1) is 0 Å². The van der Waals surface area contributed by atoms with Crippen LogP contribution in [0.3, 0.4) is 0 Å². The monoisotopic (exact) mass is 446 g/mol. The van der Waals surface area contributed by atoms with Crippen LogP contribution in [0.25, 0.3) is 0 Å². The summed E-state index contributed by atoms with van der Waals surface area (Å²) in [5, 5.41) is 14.4. The molecular weight excluding hydrogens is 420 g/mol. The Bertz CT molecular complexity index is 1150. The van der Waals surface area contributed by atoms with E-state index < -0.39 is 5.60 Å². The molecule has 33 heavy (non-hydrogen) atoms. The molecular formula is C24H26N6O3. The van der Waals surface area contributed by atoms with Crippen molar-refractivity contribution in [3.05, 3.63) is 71.5 Å². The number of hydrogen-bond acceptors (Lipinski definition) is 6. The first-order chi connectivity index (χ1) is 16.0. The average Bonchev–Trinajstić information content (AvgIpc) is 3.30. The van der Waals surface area contributed by atoms with Gasteiger partial charge in [0.2, 0.25) is 5.91 Å². The Morgan fingerprint density at radius 1 is 1.18 bits per heavy atom. The van der Waals surface area contributed by atoms with Crippen LogP contribution in [-0.4, -0.2) is 56.1 Å². The Balaban J connectivity index is 1.34. The summed E-state index contributed by atoms with van der Waals surface area (Å²) < 4.78 is 8.10. The van der Waals surface area contributed by atoms with E-state index in [0.29, 0.717) is 37.9 Å². The Kier molecular flexibility index (Phi) is 5.53. The van der Waals surface area contributed by atoms with Gasteiger partial charge in [0.25, 0.3) is 5.91 Å². The van der Waals surface area contributed by atoms with Crippen LogP contribution in [0.4, 0.5) is 0 Å². The van der Waals surface area contributed by atoms with Crippen LogP contribution in [0.5, 0.6) is 5.75 Å². The van der Waals surface area contributed by atoms with Crippen molar-refractivity contribution in [2.75, 3.05) is 13.6 Å². The molecule has 1 fully saturated rings. The molecule has 3 heterocycles. The Morgan fingerprint density at radius 2 is 2.00 bits per heavy atom. The van der Waals surface area contributed by atoms with Crippen molar-refractivity contribution in [2.45, 2.75) is 43.9 Å². The fourth-order valence-electron chi connectivity index (χ4n) is 4.64. The standard InChI is InChI=1S/C24H26N6O3/c1-29-13-12-24(11-10-22(29)31)14-20(19-4-2-3-5-21(19)33-24)26-23(32)18-8-6-17(7-9-18)15-30-16-25-27-28-30/h2-9,16,20H,10-15H2,1H3,(H,26,32). The van der Waals surface area contributed by atoms with Gasteiger partial charge >= 0.3 is 0 Å². The first-order valence-electron chi connectivity index (χ1n) is 11.1. The predicted molar refractivity (Wildman–Crippen MR) is 119 cm³/mol. The van der Waals surface area contributed by atoms with Gasteiger partial charge < -0.3 is 15.0 Å². The molecule has 0 saturated carbocycles. The number of carbonyl (C=O) groups excluding carboxylic acids is 2. The van der Waals surface area contributed by atoms with Gasteiger partial charge in [-0.1, -0.05) is 30.3 Å². The fraction of sp³-hybridized carbons (Fsp3) is 0.375. The van der Waals surface area contributed by atoms with Gasteiger partial charge in [-0.3, -0.25) is 9.59 Å². The zero-order valence-electron chi connectivity index (χ0n) is 18.5. The molecule has 2 aliphatic rings. The van der Waals surface area contributed by atoms with Crippen molar-refractivity contribution < 1.29 is 14.3 Å². The zero-order valence-corrected chi connectivity index (χ0v) is 18.5. The Labute approximate surface area is 191 Å². The van der Waals surface area contributed by atoms with Gasteiger partial charge in [-0.15, -0.1) is 5.10 Å². The second-order valence-corrected chi connectivity index (χ2v) is 8.82. The molecule has 2 aliphatic heterocycles. The third-order valence-electron chi connectivity index (χ3n) is 6.58. The number of tetrazole rings is 1. The summed E-state index contributed by atoms with van der Waals surface area (Å²) in [6.07, 6.45) is 4.01. The maximum absolute atomic E-state index is 13.1. The normalized spacial score (nSPS) is 22.4. The number of aromatic nitrogens is 4. The van der Waals surface area contributed by atoms with Crippen LogP contribution in [0.15, 0.2) is 54.9 Å². The zero-order chi connectivity index (χ0) is 22.8. The summed E-state index contributed by atoms with van der Waals surface area (Å²) in [7, 11) is 1.83. The van der Waals surface area contributed by atoms with Gasteiger partial charge in [0.1, 0.15) is 17.7 Å². The first-order valence-corrected chi connectivity index (χ1v) is 11.1. The van der Waals surface area contributed by atoms with Gasteiger partial charge in [-0.05, 0) is 40.6 Å². The minimum Gasteiger partial charge on any atom is -0.487 e. The number of nitrogens with zero attached hydrogens (tertiary/aromatic N) is 5. The summed E-state index contributed by atoms with van der Waals surface area (Å²) in [6.45, 7) is 1.18. The lowest BCUT2D eigenvalue weighted by molar-refractivity contribution is -0.129.